The van der Waals surface area contributed by atoms with Crippen LogP contribution in [0, 0.1) is 11.3 Å². The predicted molar refractivity (Wildman–Crippen MR) is 95.8 cm³/mol. The van der Waals surface area contributed by atoms with Gasteiger partial charge in [-0.2, -0.15) is 5.26 Å². The van der Waals surface area contributed by atoms with E-state index >= 15 is 0 Å². The van der Waals surface area contributed by atoms with E-state index in [0.29, 0.717) is 35.8 Å². The fraction of sp³-hybridized carbons (Fsp3) is 0.300. The molecule has 0 aliphatic rings. The maximum atomic E-state index is 12.4. The molecule has 2 aromatic carbocycles. The van der Waals surface area contributed by atoms with Crippen molar-refractivity contribution in [3.63, 3.8) is 0 Å². The third-order valence-corrected chi connectivity index (χ3v) is 3.69. The van der Waals surface area contributed by atoms with E-state index in [-0.39, 0.29) is 11.9 Å². The highest BCUT2D eigenvalue weighted by molar-refractivity contribution is 5.94. The average Bonchev–Trinajstić information content (AvgIpc) is 2.63. The maximum absolute atomic E-state index is 12.4. The number of benzene rings is 2. The van der Waals surface area contributed by atoms with Crippen molar-refractivity contribution in [2.75, 3.05) is 13.2 Å². The van der Waals surface area contributed by atoms with Gasteiger partial charge in [-0.3, -0.25) is 4.79 Å². The summed E-state index contributed by atoms with van der Waals surface area (Å²) in [6.07, 6.45) is 0. The zero-order valence-electron chi connectivity index (χ0n) is 14.7. The minimum absolute atomic E-state index is 0.191. The largest absolute Gasteiger partial charge is 0.490 e. The van der Waals surface area contributed by atoms with Crippen LogP contribution in [0.15, 0.2) is 42.5 Å². The van der Waals surface area contributed by atoms with Gasteiger partial charge >= 0.3 is 0 Å². The molecule has 0 fully saturated rings. The summed E-state index contributed by atoms with van der Waals surface area (Å²) < 4.78 is 11.2. The number of nitrogens with zero attached hydrogens (tertiary/aromatic N) is 1. The van der Waals surface area contributed by atoms with Crippen molar-refractivity contribution in [3.8, 4) is 17.6 Å². The number of nitriles is 1. The molecule has 0 saturated carbocycles. The molecule has 1 atom stereocenters. The van der Waals surface area contributed by atoms with Gasteiger partial charge in [0.1, 0.15) is 0 Å². The van der Waals surface area contributed by atoms with Crippen LogP contribution in [-0.4, -0.2) is 19.1 Å². The summed E-state index contributed by atoms with van der Waals surface area (Å²) in [5.41, 5.74) is 1.97. The summed E-state index contributed by atoms with van der Waals surface area (Å²) in [6.45, 7) is 6.84. The Bertz CT molecular complexity index is 764. The van der Waals surface area contributed by atoms with Crippen LogP contribution in [0.4, 0.5) is 0 Å². The number of carbonyl (C=O) groups is 1. The van der Waals surface area contributed by atoms with Crippen LogP contribution in [0.25, 0.3) is 0 Å². The molecule has 5 heteroatoms. The van der Waals surface area contributed by atoms with Crippen LogP contribution in [0.5, 0.6) is 11.5 Å². The number of nitrogens with one attached hydrogen (secondary N) is 1. The summed E-state index contributed by atoms with van der Waals surface area (Å²) in [6, 6.07) is 14.0. The lowest BCUT2D eigenvalue weighted by Gasteiger charge is -2.17. The molecule has 1 amide bonds. The van der Waals surface area contributed by atoms with Crippen LogP contribution < -0.4 is 14.8 Å². The first-order valence-electron chi connectivity index (χ1n) is 8.29. The number of hydrogen-bond donors (Lipinski definition) is 1. The van der Waals surface area contributed by atoms with Gasteiger partial charge in [-0.05, 0) is 62.7 Å². The first-order valence-corrected chi connectivity index (χ1v) is 8.29. The molecule has 0 radical (unpaired) electrons. The summed E-state index contributed by atoms with van der Waals surface area (Å²) in [4.78, 5) is 12.4. The maximum Gasteiger partial charge on any atom is 0.251 e. The second-order valence-electron chi connectivity index (χ2n) is 5.46. The SMILES string of the molecule is CCOc1ccc(C(C)NC(=O)c2ccc(C#N)cc2)cc1OCC. The van der Waals surface area contributed by atoms with Crippen LogP contribution in [0.1, 0.15) is 48.3 Å². The minimum atomic E-state index is -0.196. The van der Waals surface area contributed by atoms with Crippen LogP contribution in [0.2, 0.25) is 0 Å². The summed E-state index contributed by atoms with van der Waals surface area (Å²) >= 11 is 0. The topological polar surface area (TPSA) is 71.3 Å². The summed E-state index contributed by atoms with van der Waals surface area (Å²) in [5.74, 6) is 1.17. The van der Waals surface area contributed by atoms with Crippen LogP contribution in [-0.2, 0) is 0 Å². The zero-order chi connectivity index (χ0) is 18.2. The van der Waals surface area contributed by atoms with E-state index in [1.165, 1.54) is 0 Å². The Kier molecular flexibility index (Phi) is 6.41. The van der Waals surface area contributed by atoms with Crippen LogP contribution in [0.3, 0.4) is 0 Å². The molecule has 2 aromatic rings. The van der Waals surface area contributed by atoms with Gasteiger partial charge in [0.05, 0.1) is 30.9 Å². The lowest BCUT2D eigenvalue weighted by Crippen LogP contribution is -2.26. The lowest BCUT2D eigenvalue weighted by molar-refractivity contribution is 0.0940. The lowest BCUT2D eigenvalue weighted by atomic mass is 10.1. The van der Waals surface area contributed by atoms with E-state index < -0.39 is 0 Å². The second-order valence-corrected chi connectivity index (χ2v) is 5.46. The third kappa shape index (κ3) is 4.74. The van der Waals surface area contributed by atoms with Crippen molar-refractivity contribution < 1.29 is 14.3 Å². The van der Waals surface area contributed by atoms with Crippen molar-refractivity contribution in [2.45, 2.75) is 26.8 Å². The quantitative estimate of drug-likeness (QED) is 0.832. The Balaban J connectivity index is 2.13. The normalized spacial score (nSPS) is 11.3. The van der Waals surface area contributed by atoms with Crippen molar-refractivity contribution in [1.82, 2.24) is 5.32 Å². The second kappa shape index (κ2) is 8.74. The van der Waals surface area contributed by atoms with Gasteiger partial charge in [-0.15, -0.1) is 0 Å². The number of hydrogen-bond acceptors (Lipinski definition) is 4. The molecular weight excluding hydrogens is 316 g/mol. The van der Waals surface area contributed by atoms with Crippen molar-refractivity contribution in [3.05, 3.63) is 59.2 Å². The molecule has 5 nitrogen and oxygen atoms in total. The van der Waals surface area contributed by atoms with Gasteiger partial charge in [0.25, 0.3) is 5.91 Å². The highest BCUT2D eigenvalue weighted by Gasteiger charge is 2.14. The van der Waals surface area contributed by atoms with Gasteiger partial charge in [-0.1, -0.05) is 6.07 Å². The molecule has 2 rings (SSSR count). The van der Waals surface area contributed by atoms with Gasteiger partial charge in [-0.25, -0.2) is 0 Å². The predicted octanol–water partition coefficient (Wildman–Crippen LogP) is 3.85. The Labute approximate surface area is 148 Å². The Morgan fingerprint density at radius 2 is 1.72 bits per heavy atom. The van der Waals surface area contributed by atoms with E-state index in [0.717, 1.165) is 5.56 Å². The van der Waals surface area contributed by atoms with Crippen molar-refractivity contribution in [2.24, 2.45) is 0 Å². The highest BCUT2D eigenvalue weighted by Crippen LogP contribution is 2.30. The number of carbonyl (C=O) groups excluding carboxylic acids is 1. The molecule has 1 N–H and O–H groups in total. The van der Waals surface area contributed by atoms with E-state index in [2.05, 4.69) is 5.32 Å². The average molecular weight is 338 g/mol. The molecule has 0 aromatic heterocycles. The summed E-state index contributed by atoms with van der Waals surface area (Å²) in [5, 5.41) is 11.8. The number of rotatable bonds is 7. The fourth-order valence-corrected chi connectivity index (χ4v) is 2.40. The fourth-order valence-electron chi connectivity index (χ4n) is 2.40. The molecule has 0 heterocycles. The number of amides is 1. The number of ether oxygens (including phenoxy) is 2. The minimum Gasteiger partial charge on any atom is -0.490 e. The molecule has 130 valence electrons. The Morgan fingerprint density at radius 3 is 2.32 bits per heavy atom. The highest BCUT2D eigenvalue weighted by atomic mass is 16.5. The third-order valence-electron chi connectivity index (χ3n) is 3.69. The first-order chi connectivity index (χ1) is 12.1. The Hall–Kier alpha value is -3.00. The molecule has 0 aliphatic carbocycles. The van der Waals surface area contributed by atoms with E-state index in [9.17, 15) is 4.79 Å². The van der Waals surface area contributed by atoms with E-state index in [1.807, 2.05) is 45.0 Å². The van der Waals surface area contributed by atoms with E-state index in [4.69, 9.17) is 14.7 Å². The van der Waals surface area contributed by atoms with Gasteiger partial charge in [0.2, 0.25) is 0 Å². The zero-order valence-corrected chi connectivity index (χ0v) is 14.7. The first kappa shape index (κ1) is 18.3. The molecule has 25 heavy (non-hydrogen) atoms. The van der Waals surface area contributed by atoms with Gasteiger partial charge in [0, 0.05) is 5.56 Å². The molecule has 0 spiro atoms. The van der Waals surface area contributed by atoms with Crippen molar-refractivity contribution >= 4 is 5.91 Å². The molecule has 0 bridgehead atoms. The van der Waals surface area contributed by atoms with Crippen molar-refractivity contribution in [1.29, 1.82) is 5.26 Å². The molecule has 0 aliphatic heterocycles. The molecule has 1 unspecified atom stereocenters. The molecule has 0 saturated heterocycles. The smallest absolute Gasteiger partial charge is 0.251 e. The standard InChI is InChI=1S/C20H22N2O3/c1-4-24-18-11-10-17(12-19(18)25-5-2)14(3)22-20(23)16-8-6-15(13-21)7-9-16/h6-12,14H,4-5H2,1-3H3,(H,22,23). The molecular formula is C20H22N2O3. The van der Waals surface area contributed by atoms with Gasteiger partial charge in [0.15, 0.2) is 11.5 Å². The monoisotopic (exact) mass is 338 g/mol. The van der Waals surface area contributed by atoms with E-state index in [1.54, 1.807) is 24.3 Å². The van der Waals surface area contributed by atoms with Gasteiger partial charge < -0.3 is 14.8 Å². The van der Waals surface area contributed by atoms with Crippen LogP contribution >= 0.6 is 0 Å². The summed E-state index contributed by atoms with van der Waals surface area (Å²) in [7, 11) is 0. The Morgan fingerprint density at radius 1 is 1.08 bits per heavy atom.